The average molecular weight is 699 g/mol. The lowest BCUT2D eigenvalue weighted by molar-refractivity contribution is -0.142. The minimum Gasteiger partial charge on any atom is -0.462 e. The molecule has 10 nitrogen and oxygen atoms in total. The van der Waals surface area contributed by atoms with Crippen molar-refractivity contribution in [2.75, 3.05) is 26.4 Å². The Morgan fingerprint density at radius 2 is 1.06 bits per heavy atom. The van der Waals surface area contributed by atoms with Crippen LogP contribution in [0, 0.1) is 24.2 Å². The van der Waals surface area contributed by atoms with Crippen molar-refractivity contribution >= 4 is 23.9 Å². The van der Waals surface area contributed by atoms with Crippen molar-refractivity contribution < 1.29 is 47.6 Å². The number of ether oxygens (including phenoxy) is 6. The van der Waals surface area contributed by atoms with Gasteiger partial charge in [-0.15, -0.1) is 6.42 Å². The average Bonchev–Trinajstić information content (AvgIpc) is 3.46. The van der Waals surface area contributed by atoms with Crippen molar-refractivity contribution in [1.29, 1.82) is 0 Å². The van der Waals surface area contributed by atoms with Gasteiger partial charge in [-0.05, 0) is 97.9 Å². The van der Waals surface area contributed by atoms with E-state index in [1.54, 1.807) is 12.1 Å². The maximum absolute atomic E-state index is 13.1. The Balaban J connectivity index is 1.08. The number of carbonyl (C=O) groups excluding carboxylic acids is 4. The Kier molecular flexibility index (Phi) is 13.6. The molecule has 0 bridgehead atoms. The quantitative estimate of drug-likeness (QED) is 0.0620. The number of esters is 4. The minimum atomic E-state index is -0.443. The van der Waals surface area contributed by atoms with Gasteiger partial charge in [-0.3, -0.25) is 9.59 Å². The van der Waals surface area contributed by atoms with Crippen molar-refractivity contribution in [3.63, 3.8) is 0 Å². The van der Waals surface area contributed by atoms with Crippen LogP contribution in [0.2, 0.25) is 0 Å². The summed E-state index contributed by atoms with van der Waals surface area (Å²) in [7, 11) is 0. The lowest BCUT2D eigenvalue weighted by atomic mass is 9.87. The van der Waals surface area contributed by atoms with Gasteiger partial charge in [-0.2, -0.15) is 0 Å². The number of hydrogen-bond donors (Lipinski definition) is 0. The predicted octanol–water partition coefficient (Wildman–Crippen LogP) is 6.63. The van der Waals surface area contributed by atoms with E-state index in [4.69, 9.17) is 34.8 Å². The molecule has 270 valence electrons. The van der Waals surface area contributed by atoms with Crippen LogP contribution in [0.3, 0.4) is 0 Å². The fourth-order valence-corrected chi connectivity index (χ4v) is 6.93. The Labute approximate surface area is 299 Å². The summed E-state index contributed by atoms with van der Waals surface area (Å²) < 4.78 is 33.4. The number of hydrogen-bond acceptors (Lipinski definition) is 10. The van der Waals surface area contributed by atoms with Crippen molar-refractivity contribution in [1.82, 2.24) is 0 Å². The van der Waals surface area contributed by atoms with Crippen molar-refractivity contribution in [2.24, 2.45) is 11.8 Å². The number of carbonyl (C=O) groups is 4. The van der Waals surface area contributed by atoms with E-state index in [2.05, 4.69) is 19.1 Å². The molecule has 3 aliphatic rings. The summed E-state index contributed by atoms with van der Waals surface area (Å²) in [4.78, 5) is 48.5. The molecule has 0 aliphatic heterocycles. The first-order valence-electron chi connectivity index (χ1n) is 17.8. The van der Waals surface area contributed by atoms with Gasteiger partial charge in [0.25, 0.3) is 0 Å². The van der Waals surface area contributed by atoms with Crippen LogP contribution in [0.15, 0.2) is 61.7 Å². The molecule has 2 fully saturated rings. The summed E-state index contributed by atoms with van der Waals surface area (Å²) in [6.45, 7) is 8.29. The maximum Gasteiger partial charge on any atom is 0.330 e. The lowest BCUT2D eigenvalue weighted by Crippen LogP contribution is -2.29. The maximum atomic E-state index is 13.1. The fraction of sp³-hybridized carbons (Fsp3) is 0.463. The van der Waals surface area contributed by atoms with Gasteiger partial charge in [0.05, 0.1) is 56.4 Å². The molecule has 5 rings (SSSR count). The summed E-state index contributed by atoms with van der Waals surface area (Å²) >= 11 is 0. The van der Waals surface area contributed by atoms with Crippen LogP contribution in [0.5, 0.6) is 11.5 Å². The molecule has 3 aliphatic carbocycles. The van der Waals surface area contributed by atoms with Crippen LogP contribution in [0.25, 0.3) is 11.1 Å². The summed E-state index contributed by atoms with van der Waals surface area (Å²) in [6.07, 6.45) is 15.4. The molecule has 51 heavy (non-hydrogen) atoms. The van der Waals surface area contributed by atoms with Gasteiger partial charge in [0, 0.05) is 25.0 Å². The van der Waals surface area contributed by atoms with Gasteiger partial charge < -0.3 is 28.4 Å². The van der Waals surface area contributed by atoms with Crippen LogP contribution in [0.1, 0.15) is 81.3 Å². The van der Waals surface area contributed by atoms with E-state index in [0.717, 1.165) is 60.1 Å². The first-order valence-corrected chi connectivity index (χ1v) is 17.8. The predicted molar refractivity (Wildman–Crippen MR) is 189 cm³/mol. The van der Waals surface area contributed by atoms with Crippen LogP contribution < -0.4 is 9.47 Å². The third-order valence-corrected chi connectivity index (χ3v) is 9.68. The van der Waals surface area contributed by atoms with Gasteiger partial charge in [0.1, 0.15) is 11.5 Å². The van der Waals surface area contributed by atoms with Crippen LogP contribution in [-0.2, 0) is 38.1 Å². The first-order chi connectivity index (χ1) is 24.8. The Hall–Kier alpha value is -4.72. The highest BCUT2D eigenvalue weighted by molar-refractivity contribution is 5.84. The van der Waals surface area contributed by atoms with E-state index in [1.807, 2.05) is 24.3 Å². The molecule has 0 aromatic heterocycles. The van der Waals surface area contributed by atoms with E-state index < -0.39 is 11.9 Å². The number of benzene rings is 2. The van der Waals surface area contributed by atoms with E-state index in [-0.39, 0.29) is 55.1 Å². The number of fused-ring (bicyclic) bond motifs is 3. The largest absolute Gasteiger partial charge is 0.462 e. The summed E-state index contributed by atoms with van der Waals surface area (Å²) in [5.74, 6) is 1.54. The highest BCUT2D eigenvalue weighted by Gasteiger charge is 2.32. The highest BCUT2D eigenvalue weighted by Crippen LogP contribution is 2.47. The van der Waals surface area contributed by atoms with Gasteiger partial charge in [0.2, 0.25) is 0 Å². The Bertz CT molecular complexity index is 1510. The molecule has 10 heteroatoms. The summed E-state index contributed by atoms with van der Waals surface area (Å²) in [5, 5.41) is 0. The second-order valence-electron chi connectivity index (χ2n) is 13.1. The molecule has 0 unspecified atom stereocenters. The summed E-state index contributed by atoms with van der Waals surface area (Å²) in [6, 6.07) is 11.1. The zero-order chi connectivity index (χ0) is 36.2. The Morgan fingerprint density at radius 3 is 1.43 bits per heavy atom. The number of terminal acetylenes is 1. The number of rotatable bonds is 16. The third-order valence-electron chi connectivity index (χ3n) is 9.68. The zero-order valence-electron chi connectivity index (χ0n) is 29.0. The molecular weight excluding hydrogens is 652 g/mol. The van der Waals surface area contributed by atoms with E-state index in [0.29, 0.717) is 63.2 Å². The van der Waals surface area contributed by atoms with E-state index >= 15 is 0 Å². The first kappa shape index (κ1) is 37.5. The molecule has 0 atom stereocenters. The van der Waals surface area contributed by atoms with Gasteiger partial charge in [-0.1, -0.05) is 31.2 Å². The van der Waals surface area contributed by atoms with E-state index in [9.17, 15) is 19.2 Å². The molecule has 0 amide bonds. The molecule has 0 saturated heterocycles. The van der Waals surface area contributed by atoms with Crippen LogP contribution >= 0.6 is 0 Å². The molecule has 0 heterocycles. The van der Waals surface area contributed by atoms with Gasteiger partial charge in [0.15, 0.2) is 0 Å². The molecule has 0 N–H and O–H groups in total. The molecular formula is C41H46O10. The van der Waals surface area contributed by atoms with Crippen molar-refractivity contribution in [3.05, 3.63) is 72.8 Å². The van der Waals surface area contributed by atoms with Gasteiger partial charge in [-0.25, -0.2) is 9.59 Å². The Morgan fingerprint density at radius 1 is 0.647 bits per heavy atom. The SMILES string of the molecule is C#CC1c2cc(OC(=O)C3CCC(OCCCOC(=O)C=C)CC3)ccc2-c2ccc(OC(=O)C3CCC(OCCCOC(=O)C=C)CC3)cc21. The lowest BCUT2D eigenvalue weighted by Gasteiger charge is -2.27. The third kappa shape index (κ3) is 10.2. The minimum absolute atomic E-state index is 0.0668. The molecule has 0 spiro atoms. The standard InChI is InChI=1S/C41H46O10/c1-4-33-36-25-31(50-40(44)27-9-13-29(14-10-27)46-21-7-23-48-38(42)5-2)17-19-34(36)35-20-18-32(26-37(33)35)51-41(45)28-11-15-30(16-12-28)47-22-8-24-49-39(43)6-3/h1,5-6,17-20,25-30,33H,2-3,7-16,21-24H2. The second-order valence-corrected chi connectivity index (χ2v) is 13.1. The molecule has 2 aromatic carbocycles. The molecule has 2 aromatic rings. The van der Waals surface area contributed by atoms with Crippen molar-refractivity contribution in [3.8, 4) is 35.0 Å². The van der Waals surface area contributed by atoms with Gasteiger partial charge >= 0.3 is 23.9 Å². The molecule has 0 radical (unpaired) electrons. The normalized spacial score (nSPS) is 22.0. The zero-order valence-corrected chi connectivity index (χ0v) is 29.0. The van der Waals surface area contributed by atoms with Crippen LogP contribution in [-0.4, -0.2) is 62.5 Å². The van der Waals surface area contributed by atoms with E-state index in [1.165, 1.54) is 0 Å². The molecule has 2 saturated carbocycles. The van der Waals surface area contributed by atoms with Crippen molar-refractivity contribution in [2.45, 2.75) is 82.3 Å². The topological polar surface area (TPSA) is 124 Å². The van der Waals surface area contributed by atoms with Crippen LogP contribution in [0.4, 0.5) is 0 Å². The fourth-order valence-electron chi connectivity index (χ4n) is 6.93. The monoisotopic (exact) mass is 698 g/mol. The highest BCUT2D eigenvalue weighted by atomic mass is 16.5. The smallest absolute Gasteiger partial charge is 0.330 e. The summed E-state index contributed by atoms with van der Waals surface area (Å²) in [5.41, 5.74) is 3.66. The second kappa shape index (κ2) is 18.5.